The zero-order chi connectivity index (χ0) is 10.7. The van der Waals surface area contributed by atoms with Gasteiger partial charge in [-0.3, -0.25) is 4.79 Å². The molecule has 1 aromatic heterocycles. The lowest BCUT2D eigenvalue weighted by Crippen LogP contribution is -2.31. The second-order valence-corrected chi connectivity index (χ2v) is 5.63. The highest BCUT2D eigenvalue weighted by Crippen LogP contribution is 2.37. The van der Waals surface area contributed by atoms with Crippen LogP contribution in [0.4, 0.5) is 0 Å². The molecular weight excluding hydrogens is 204 g/mol. The number of thiophene rings is 1. The Kier molecular flexibility index (Phi) is 3.25. The van der Waals surface area contributed by atoms with Gasteiger partial charge in [-0.1, -0.05) is 26.2 Å². The number of hydrogen-bond donors (Lipinski definition) is 0. The van der Waals surface area contributed by atoms with E-state index < -0.39 is 0 Å². The first kappa shape index (κ1) is 10.9. The van der Waals surface area contributed by atoms with Crippen molar-refractivity contribution in [2.24, 2.45) is 5.41 Å². The van der Waals surface area contributed by atoms with E-state index >= 15 is 0 Å². The second kappa shape index (κ2) is 4.48. The van der Waals surface area contributed by atoms with Gasteiger partial charge >= 0.3 is 0 Å². The van der Waals surface area contributed by atoms with E-state index in [9.17, 15) is 4.79 Å². The van der Waals surface area contributed by atoms with Crippen molar-refractivity contribution < 1.29 is 4.79 Å². The number of carbonyl (C=O) groups excluding carboxylic acids is 1. The summed E-state index contributed by atoms with van der Waals surface area (Å²) in [5, 5.41) is 4.13. The van der Waals surface area contributed by atoms with E-state index in [1.54, 1.807) is 11.3 Å². The Morgan fingerprint density at radius 1 is 1.40 bits per heavy atom. The van der Waals surface area contributed by atoms with Crippen LogP contribution in [-0.4, -0.2) is 5.78 Å². The first-order valence-corrected chi connectivity index (χ1v) is 6.69. The fourth-order valence-electron chi connectivity index (χ4n) is 2.40. The largest absolute Gasteiger partial charge is 0.299 e. The van der Waals surface area contributed by atoms with Crippen LogP contribution in [0.5, 0.6) is 0 Å². The van der Waals surface area contributed by atoms with Crippen molar-refractivity contribution in [1.82, 2.24) is 0 Å². The summed E-state index contributed by atoms with van der Waals surface area (Å²) in [6, 6.07) is 2.06. The summed E-state index contributed by atoms with van der Waals surface area (Å²) in [5.41, 5.74) is 1.16. The average molecular weight is 222 g/mol. The highest BCUT2D eigenvalue weighted by molar-refractivity contribution is 7.07. The second-order valence-electron chi connectivity index (χ2n) is 4.85. The fourth-order valence-corrected chi connectivity index (χ4v) is 3.07. The van der Waals surface area contributed by atoms with Gasteiger partial charge in [0.1, 0.15) is 5.78 Å². The van der Waals surface area contributed by atoms with E-state index in [1.165, 1.54) is 24.8 Å². The maximum Gasteiger partial charge on any atom is 0.143 e. The SMILES string of the molecule is CC1(C(=O)Cc2ccsc2)CCCCC1. The summed E-state index contributed by atoms with van der Waals surface area (Å²) < 4.78 is 0. The molecule has 1 aliphatic carbocycles. The summed E-state index contributed by atoms with van der Waals surface area (Å²) in [6.07, 6.45) is 6.59. The third kappa shape index (κ3) is 2.49. The van der Waals surface area contributed by atoms with Crippen molar-refractivity contribution >= 4 is 17.1 Å². The third-order valence-corrected chi connectivity index (χ3v) is 4.31. The van der Waals surface area contributed by atoms with E-state index in [0.717, 1.165) is 12.8 Å². The third-order valence-electron chi connectivity index (χ3n) is 3.58. The molecule has 1 fully saturated rings. The average Bonchev–Trinajstić information content (AvgIpc) is 2.71. The first-order chi connectivity index (χ1) is 7.21. The van der Waals surface area contributed by atoms with Crippen molar-refractivity contribution in [1.29, 1.82) is 0 Å². The van der Waals surface area contributed by atoms with Gasteiger partial charge < -0.3 is 0 Å². The molecule has 0 atom stereocenters. The molecule has 2 rings (SSSR count). The molecule has 0 spiro atoms. The van der Waals surface area contributed by atoms with Crippen LogP contribution in [0.1, 0.15) is 44.6 Å². The minimum absolute atomic E-state index is 0.0276. The molecule has 0 aliphatic heterocycles. The van der Waals surface area contributed by atoms with Crippen molar-refractivity contribution in [3.05, 3.63) is 22.4 Å². The molecule has 0 bridgehead atoms. The Morgan fingerprint density at radius 2 is 2.13 bits per heavy atom. The Bertz CT molecular complexity index is 320. The van der Waals surface area contributed by atoms with Crippen molar-refractivity contribution in [3.63, 3.8) is 0 Å². The van der Waals surface area contributed by atoms with Crippen LogP contribution >= 0.6 is 11.3 Å². The van der Waals surface area contributed by atoms with Crippen molar-refractivity contribution in [2.45, 2.75) is 45.4 Å². The van der Waals surface area contributed by atoms with Crippen LogP contribution < -0.4 is 0 Å². The fraction of sp³-hybridized carbons (Fsp3) is 0.615. The van der Waals surface area contributed by atoms with Gasteiger partial charge in [-0.05, 0) is 35.2 Å². The lowest BCUT2D eigenvalue weighted by molar-refractivity contribution is -0.128. The molecule has 82 valence electrons. The van der Waals surface area contributed by atoms with Gasteiger partial charge in [0.25, 0.3) is 0 Å². The number of Topliss-reactive ketones (excluding diaryl/α,β-unsaturated/α-hetero) is 1. The van der Waals surface area contributed by atoms with Crippen LogP contribution in [0, 0.1) is 5.41 Å². The van der Waals surface area contributed by atoms with Gasteiger partial charge in [-0.25, -0.2) is 0 Å². The Hall–Kier alpha value is -0.630. The maximum absolute atomic E-state index is 12.2. The number of carbonyl (C=O) groups is 1. The smallest absolute Gasteiger partial charge is 0.143 e. The molecule has 15 heavy (non-hydrogen) atoms. The van der Waals surface area contributed by atoms with E-state index in [0.29, 0.717) is 12.2 Å². The highest BCUT2D eigenvalue weighted by atomic mass is 32.1. The molecule has 0 aromatic carbocycles. The monoisotopic (exact) mass is 222 g/mol. The molecule has 1 heterocycles. The number of rotatable bonds is 3. The molecule has 0 N–H and O–H groups in total. The molecule has 0 amide bonds. The first-order valence-electron chi connectivity index (χ1n) is 5.75. The predicted octanol–water partition coefficient (Wildman–Crippen LogP) is 3.83. The minimum atomic E-state index is -0.0276. The van der Waals surface area contributed by atoms with Gasteiger partial charge in [0.05, 0.1) is 0 Å². The zero-order valence-electron chi connectivity index (χ0n) is 9.29. The van der Waals surface area contributed by atoms with Crippen LogP contribution in [0.2, 0.25) is 0 Å². The van der Waals surface area contributed by atoms with Gasteiger partial charge in [-0.2, -0.15) is 11.3 Å². The van der Waals surface area contributed by atoms with Crippen molar-refractivity contribution in [3.8, 4) is 0 Å². The lowest BCUT2D eigenvalue weighted by atomic mass is 9.71. The van der Waals surface area contributed by atoms with Gasteiger partial charge in [-0.15, -0.1) is 0 Å². The van der Waals surface area contributed by atoms with Crippen LogP contribution in [-0.2, 0) is 11.2 Å². The van der Waals surface area contributed by atoms with Crippen LogP contribution in [0.15, 0.2) is 16.8 Å². The quantitative estimate of drug-likeness (QED) is 0.759. The van der Waals surface area contributed by atoms with Gasteiger partial charge in [0, 0.05) is 11.8 Å². The Morgan fingerprint density at radius 3 is 2.73 bits per heavy atom. The molecule has 0 unspecified atom stereocenters. The summed E-state index contributed by atoms with van der Waals surface area (Å²) >= 11 is 1.67. The molecule has 2 heteroatoms. The molecule has 0 saturated heterocycles. The van der Waals surface area contributed by atoms with Crippen molar-refractivity contribution in [2.75, 3.05) is 0 Å². The van der Waals surface area contributed by atoms with Crippen LogP contribution in [0.25, 0.3) is 0 Å². The minimum Gasteiger partial charge on any atom is -0.299 e. The summed E-state index contributed by atoms with van der Waals surface area (Å²) in [4.78, 5) is 12.2. The Balaban J connectivity index is 2.00. The predicted molar refractivity (Wildman–Crippen MR) is 64.2 cm³/mol. The summed E-state index contributed by atoms with van der Waals surface area (Å²) in [6.45, 7) is 2.15. The topological polar surface area (TPSA) is 17.1 Å². The Labute approximate surface area is 95.5 Å². The van der Waals surface area contributed by atoms with E-state index in [-0.39, 0.29) is 5.41 Å². The summed E-state index contributed by atoms with van der Waals surface area (Å²) in [7, 11) is 0. The van der Waals surface area contributed by atoms with Gasteiger partial charge in [0.2, 0.25) is 0 Å². The number of ketones is 1. The molecule has 1 saturated carbocycles. The van der Waals surface area contributed by atoms with Crippen LogP contribution in [0.3, 0.4) is 0 Å². The van der Waals surface area contributed by atoms with E-state index in [2.05, 4.69) is 18.4 Å². The molecule has 1 aliphatic rings. The van der Waals surface area contributed by atoms with E-state index in [1.807, 2.05) is 5.38 Å². The van der Waals surface area contributed by atoms with E-state index in [4.69, 9.17) is 0 Å². The molecular formula is C13H18OS. The van der Waals surface area contributed by atoms with Gasteiger partial charge in [0.15, 0.2) is 0 Å². The standard InChI is InChI=1S/C13H18OS/c1-13(6-3-2-4-7-13)12(14)9-11-5-8-15-10-11/h5,8,10H,2-4,6-7,9H2,1H3. The maximum atomic E-state index is 12.2. The normalized spacial score (nSPS) is 20.1. The zero-order valence-corrected chi connectivity index (χ0v) is 10.1. The summed E-state index contributed by atoms with van der Waals surface area (Å²) in [5.74, 6) is 0.445. The molecule has 0 radical (unpaired) electrons. The number of hydrogen-bond acceptors (Lipinski definition) is 2. The molecule has 1 aromatic rings. The molecule has 1 nitrogen and oxygen atoms in total. The highest BCUT2D eigenvalue weighted by Gasteiger charge is 2.33. The lowest BCUT2D eigenvalue weighted by Gasteiger charge is -2.31.